The van der Waals surface area contributed by atoms with Gasteiger partial charge < -0.3 is 5.11 Å². The number of carboxylic acid groups (broad SMARTS) is 1. The smallest absolute Gasteiger partial charge is 0.307 e. The second kappa shape index (κ2) is 7.12. The van der Waals surface area contributed by atoms with Crippen LogP contribution in [0.3, 0.4) is 0 Å². The lowest BCUT2D eigenvalue weighted by Crippen LogP contribution is -2.01. The SMILES string of the molecule is O=C(O)Cc1ccccc1Sc1c(Cl)c(Cl)cc(Cl)c1Cl. The topological polar surface area (TPSA) is 37.3 Å². The fourth-order valence-electron chi connectivity index (χ4n) is 1.66. The summed E-state index contributed by atoms with van der Waals surface area (Å²) in [5.74, 6) is -0.913. The first kappa shape index (κ1) is 16.8. The third-order valence-corrected chi connectivity index (χ3v) is 5.63. The van der Waals surface area contributed by atoms with Gasteiger partial charge in [-0.3, -0.25) is 4.79 Å². The van der Waals surface area contributed by atoms with Crippen molar-refractivity contribution in [3.8, 4) is 0 Å². The third-order valence-electron chi connectivity index (χ3n) is 2.60. The fraction of sp³-hybridized carbons (Fsp3) is 0.0714. The predicted molar refractivity (Wildman–Crippen MR) is 88.4 cm³/mol. The van der Waals surface area contributed by atoms with Crippen LogP contribution in [0.25, 0.3) is 0 Å². The number of hydrogen-bond acceptors (Lipinski definition) is 2. The standard InChI is InChI=1S/C14H8Cl4O2S/c15-8-6-9(16)13(18)14(12(8)17)21-10-4-2-1-3-7(10)5-11(19)20/h1-4,6H,5H2,(H,19,20). The zero-order valence-electron chi connectivity index (χ0n) is 10.4. The van der Waals surface area contributed by atoms with Gasteiger partial charge in [0.15, 0.2) is 0 Å². The van der Waals surface area contributed by atoms with Gasteiger partial charge >= 0.3 is 5.97 Å². The Balaban J connectivity index is 2.46. The molecule has 0 aromatic heterocycles. The van der Waals surface area contributed by atoms with Gasteiger partial charge in [-0.1, -0.05) is 76.4 Å². The molecule has 0 atom stereocenters. The summed E-state index contributed by atoms with van der Waals surface area (Å²) < 4.78 is 0. The second-order valence-corrected chi connectivity index (χ2v) is 6.70. The first-order valence-electron chi connectivity index (χ1n) is 5.70. The second-order valence-electron chi connectivity index (χ2n) is 4.08. The van der Waals surface area contributed by atoms with E-state index in [1.54, 1.807) is 18.2 Å². The lowest BCUT2D eigenvalue weighted by atomic mass is 10.1. The summed E-state index contributed by atoms with van der Waals surface area (Å²) in [6.07, 6.45) is -0.0906. The Bertz CT molecular complexity index is 677. The number of carboxylic acids is 1. The Kier molecular flexibility index (Phi) is 5.69. The highest BCUT2D eigenvalue weighted by atomic mass is 35.5. The van der Waals surface area contributed by atoms with Gasteiger partial charge in [0.2, 0.25) is 0 Å². The van der Waals surface area contributed by atoms with Gasteiger partial charge in [0.05, 0.1) is 31.4 Å². The van der Waals surface area contributed by atoms with E-state index >= 15 is 0 Å². The van der Waals surface area contributed by atoms with Gasteiger partial charge in [-0.25, -0.2) is 0 Å². The highest BCUT2D eigenvalue weighted by molar-refractivity contribution is 7.99. The lowest BCUT2D eigenvalue weighted by molar-refractivity contribution is -0.136. The van der Waals surface area contributed by atoms with Crippen LogP contribution in [-0.2, 0) is 11.2 Å². The number of halogens is 4. The number of benzene rings is 2. The average Bonchev–Trinajstić information content (AvgIpc) is 2.42. The van der Waals surface area contributed by atoms with E-state index in [1.807, 2.05) is 6.07 Å². The van der Waals surface area contributed by atoms with E-state index in [-0.39, 0.29) is 6.42 Å². The molecule has 0 radical (unpaired) electrons. The van der Waals surface area contributed by atoms with Crippen LogP contribution < -0.4 is 0 Å². The highest BCUT2D eigenvalue weighted by Gasteiger charge is 2.17. The minimum atomic E-state index is -0.913. The van der Waals surface area contributed by atoms with Crippen LogP contribution >= 0.6 is 58.2 Å². The van der Waals surface area contributed by atoms with E-state index < -0.39 is 5.97 Å². The summed E-state index contributed by atoms with van der Waals surface area (Å²) in [5.41, 5.74) is 0.665. The molecule has 0 saturated heterocycles. The van der Waals surface area contributed by atoms with E-state index in [0.29, 0.717) is 30.5 Å². The van der Waals surface area contributed by atoms with Gasteiger partial charge in [-0.05, 0) is 17.7 Å². The van der Waals surface area contributed by atoms with Crippen molar-refractivity contribution >= 4 is 64.1 Å². The fourth-order valence-corrected chi connectivity index (χ4v) is 3.85. The molecule has 21 heavy (non-hydrogen) atoms. The minimum absolute atomic E-state index is 0.0906. The van der Waals surface area contributed by atoms with Crippen molar-refractivity contribution < 1.29 is 9.90 Å². The molecule has 0 aliphatic heterocycles. The van der Waals surface area contributed by atoms with Crippen molar-refractivity contribution in [3.63, 3.8) is 0 Å². The van der Waals surface area contributed by atoms with E-state index in [0.717, 1.165) is 4.90 Å². The maximum Gasteiger partial charge on any atom is 0.307 e. The quantitative estimate of drug-likeness (QED) is 0.652. The molecule has 0 fully saturated rings. The van der Waals surface area contributed by atoms with Crippen LogP contribution in [0, 0.1) is 0 Å². The van der Waals surface area contributed by atoms with Crippen molar-refractivity contribution in [2.75, 3.05) is 0 Å². The van der Waals surface area contributed by atoms with Gasteiger partial charge in [0, 0.05) is 4.90 Å². The van der Waals surface area contributed by atoms with Gasteiger partial charge in [0.25, 0.3) is 0 Å². The predicted octanol–water partition coefficient (Wildman–Crippen LogP) is 6.08. The van der Waals surface area contributed by atoms with Crippen LogP contribution in [0.15, 0.2) is 40.1 Å². The Morgan fingerprint density at radius 3 is 2.19 bits per heavy atom. The molecule has 0 aliphatic carbocycles. The van der Waals surface area contributed by atoms with Gasteiger partial charge in [0.1, 0.15) is 0 Å². The van der Waals surface area contributed by atoms with E-state index in [1.165, 1.54) is 17.8 Å². The molecule has 1 N–H and O–H groups in total. The summed E-state index contributed by atoms with van der Waals surface area (Å²) in [6, 6.07) is 8.59. The summed E-state index contributed by atoms with van der Waals surface area (Å²) in [4.78, 5) is 12.2. The zero-order valence-corrected chi connectivity index (χ0v) is 14.2. The van der Waals surface area contributed by atoms with Crippen LogP contribution in [0.1, 0.15) is 5.56 Å². The number of hydrogen-bond donors (Lipinski definition) is 1. The molecule has 0 heterocycles. The van der Waals surface area contributed by atoms with Gasteiger partial charge in [-0.2, -0.15) is 0 Å². The van der Waals surface area contributed by atoms with Crippen molar-refractivity contribution in [2.24, 2.45) is 0 Å². The Hall–Kier alpha value is -0.580. The average molecular weight is 382 g/mol. The molecule has 0 spiro atoms. The molecular weight excluding hydrogens is 374 g/mol. The summed E-state index contributed by atoms with van der Waals surface area (Å²) in [5, 5.41) is 10.1. The van der Waals surface area contributed by atoms with Crippen molar-refractivity contribution in [3.05, 3.63) is 56.0 Å². The van der Waals surface area contributed by atoms with E-state index in [2.05, 4.69) is 0 Å². The Morgan fingerprint density at radius 2 is 1.62 bits per heavy atom. The molecule has 0 bridgehead atoms. The summed E-state index contributed by atoms with van der Waals surface area (Å²) in [7, 11) is 0. The monoisotopic (exact) mass is 380 g/mol. The Labute approximate surface area is 146 Å². The molecule has 0 unspecified atom stereocenters. The minimum Gasteiger partial charge on any atom is -0.481 e. The molecule has 2 nitrogen and oxygen atoms in total. The van der Waals surface area contributed by atoms with E-state index in [4.69, 9.17) is 51.5 Å². The maximum absolute atomic E-state index is 10.9. The first-order chi connectivity index (χ1) is 9.90. The van der Waals surface area contributed by atoms with Crippen molar-refractivity contribution in [2.45, 2.75) is 16.2 Å². The van der Waals surface area contributed by atoms with Gasteiger partial charge in [-0.15, -0.1) is 0 Å². The molecular formula is C14H8Cl4O2S. The molecule has 2 rings (SSSR count). The molecule has 110 valence electrons. The molecule has 2 aromatic carbocycles. The van der Waals surface area contributed by atoms with Crippen LogP contribution in [-0.4, -0.2) is 11.1 Å². The number of aliphatic carboxylic acids is 1. The molecule has 0 amide bonds. The molecule has 0 aliphatic rings. The Morgan fingerprint density at radius 1 is 1.05 bits per heavy atom. The molecule has 2 aromatic rings. The zero-order chi connectivity index (χ0) is 15.6. The lowest BCUT2D eigenvalue weighted by Gasteiger charge is -2.12. The summed E-state index contributed by atoms with van der Waals surface area (Å²) in [6.45, 7) is 0. The molecule has 7 heteroatoms. The van der Waals surface area contributed by atoms with Crippen molar-refractivity contribution in [1.29, 1.82) is 0 Å². The van der Waals surface area contributed by atoms with Crippen LogP contribution in [0.5, 0.6) is 0 Å². The highest BCUT2D eigenvalue weighted by Crippen LogP contribution is 2.45. The maximum atomic E-state index is 10.9. The normalized spacial score (nSPS) is 10.7. The number of rotatable bonds is 4. The van der Waals surface area contributed by atoms with Crippen molar-refractivity contribution in [1.82, 2.24) is 0 Å². The summed E-state index contributed by atoms with van der Waals surface area (Å²) >= 11 is 25.6. The third kappa shape index (κ3) is 3.99. The van der Waals surface area contributed by atoms with Crippen LogP contribution in [0.2, 0.25) is 20.1 Å². The molecule has 0 saturated carbocycles. The first-order valence-corrected chi connectivity index (χ1v) is 8.03. The van der Waals surface area contributed by atoms with E-state index in [9.17, 15) is 4.79 Å². The largest absolute Gasteiger partial charge is 0.481 e. The van der Waals surface area contributed by atoms with Crippen LogP contribution in [0.4, 0.5) is 0 Å². The number of carbonyl (C=O) groups is 1.